The molecule has 2 aromatic carbocycles. The number of nitrogens with two attached hydrogens (primary N) is 1. The van der Waals surface area contributed by atoms with E-state index >= 15 is 0 Å². The topological polar surface area (TPSA) is 114 Å². The molecule has 0 amide bonds. The Morgan fingerprint density at radius 2 is 1.81 bits per heavy atom. The Balaban J connectivity index is 1.79. The molecule has 2 heterocycles. The van der Waals surface area contributed by atoms with Crippen molar-refractivity contribution in [3.63, 3.8) is 0 Å². The van der Waals surface area contributed by atoms with E-state index in [0.717, 1.165) is 27.8 Å². The molecule has 1 aliphatic heterocycles. The summed E-state index contributed by atoms with van der Waals surface area (Å²) in [7, 11) is 0. The van der Waals surface area contributed by atoms with Gasteiger partial charge in [0.05, 0.1) is 5.92 Å². The second-order valence-corrected chi connectivity index (χ2v) is 7.77. The maximum atomic E-state index is 9.92. The van der Waals surface area contributed by atoms with E-state index in [-0.39, 0.29) is 18.5 Å². The summed E-state index contributed by atoms with van der Waals surface area (Å²) in [5.74, 6) is 7.00. The molecule has 7 nitrogen and oxygen atoms in total. The van der Waals surface area contributed by atoms with Crippen molar-refractivity contribution in [3.05, 3.63) is 71.8 Å². The van der Waals surface area contributed by atoms with Gasteiger partial charge in [-0.25, -0.2) is 9.97 Å². The summed E-state index contributed by atoms with van der Waals surface area (Å²) >= 11 is 0. The van der Waals surface area contributed by atoms with E-state index < -0.39 is 5.60 Å². The molecule has 1 aromatic heterocycles. The molecule has 0 spiro atoms. The van der Waals surface area contributed by atoms with Crippen molar-refractivity contribution in [3.8, 4) is 34.5 Å². The summed E-state index contributed by atoms with van der Waals surface area (Å²) in [6.45, 7) is 3.45. The van der Waals surface area contributed by atoms with Crippen molar-refractivity contribution >= 4 is 6.02 Å². The van der Waals surface area contributed by atoms with Crippen LogP contribution < -0.4 is 10.5 Å². The molecule has 4 N–H and O–H groups in total. The van der Waals surface area contributed by atoms with Gasteiger partial charge in [0.15, 0.2) is 0 Å². The number of nitrogens with one attached hydrogen (secondary N) is 1. The second kappa shape index (κ2) is 8.09. The molecule has 0 aliphatic carbocycles. The van der Waals surface area contributed by atoms with E-state index in [0.29, 0.717) is 11.5 Å². The van der Waals surface area contributed by atoms with E-state index in [1.54, 1.807) is 26.2 Å². The molecule has 0 saturated heterocycles. The highest BCUT2D eigenvalue weighted by Gasteiger charge is 2.29. The first-order chi connectivity index (χ1) is 14.8. The monoisotopic (exact) mass is 414 g/mol. The van der Waals surface area contributed by atoms with Gasteiger partial charge >= 0.3 is 0 Å². The van der Waals surface area contributed by atoms with Crippen LogP contribution in [0.15, 0.2) is 55.1 Å². The third-order valence-corrected chi connectivity index (χ3v) is 4.80. The molecule has 0 saturated carbocycles. The van der Waals surface area contributed by atoms with E-state index in [4.69, 9.17) is 20.6 Å². The molecule has 0 fully saturated rings. The Kier molecular flexibility index (Phi) is 5.32. The Labute approximate surface area is 180 Å². The number of aliphatic hydroxyl groups is 1. The van der Waals surface area contributed by atoms with Crippen LogP contribution in [-0.2, 0) is 4.74 Å². The van der Waals surface area contributed by atoms with Crippen LogP contribution in [0.3, 0.4) is 0 Å². The molecule has 156 valence electrons. The zero-order chi connectivity index (χ0) is 22.0. The highest BCUT2D eigenvalue weighted by Crippen LogP contribution is 2.45. The lowest BCUT2D eigenvalue weighted by molar-refractivity contribution is 0.143. The lowest BCUT2D eigenvalue weighted by Crippen LogP contribution is -2.21. The van der Waals surface area contributed by atoms with E-state index in [9.17, 15) is 5.11 Å². The first-order valence-corrected chi connectivity index (χ1v) is 9.74. The summed E-state index contributed by atoms with van der Waals surface area (Å²) in [4.78, 5) is 8.18. The summed E-state index contributed by atoms with van der Waals surface area (Å²) in [5, 5.41) is 17.4. The van der Waals surface area contributed by atoms with Crippen molar-refractivity contribution in [2.45, 2.75) is 25.4 Å². The number of benzene rings is 2. The van der Waals surface area contributed by atoms with Gasteiger partial charge in [-0.1, -0.05) is 17.9 Å². The Morgan fingerprint density at radius 1 is 1.13 bits per heavy atom. The fourth-order valence-electron chi connectivity index (χ4n) is 3.40. The summed E-state index contributed by atoms with van der Waals surface area (Å²) < 4.78 is 11.5. The summed E-state index contributed by atoms with van der Waals surface area (Å²) in [6, 6.07) is 11.1. The number of ether oxygens (including phenoxy) is 2. The second-order valence-electron chi connectivity index (χ2n) is 7.77. The standard InChI is InChI=1S/C24H22N4O3/c1-24(2,29)8-7-15-3-5-21-18(9-15)20(13-30-23(25)26)19-10-16(4-6-22(19)31-21)17-11-27-14-28-12-17/h3-6,9-12,14,20,29H,13H2,1-2H3,(H3,25,26)/t20-/m0/s1. The van der Waals surface area contributed by atoms with Crippen molar-refractivity contribution in [1.82, 2.24) is 9.97 Å². The quantitative estimate of drug-likeness (QED) is 0.344. The zero-order valence-corrected chi connectivity index (χ0v) is 17.2. The maximum Gasteiger partial charge on any atom is 0.279 e. The fraction of sp³-hybridized carbons (Fsp3) is 0.208. The summed E-state index contributed by atoms with van der Waals surface area (Å²) in [6.07, 6.45) is 4.98. The molecule has 0 unspecified atom stereocenters. The van der Waals surface area contributed by atoms with Gasteiger partial charge in [-0.2, -0.15) is 0 Å². The number of hydrogen-bond acceptors (Lipinski definition) is 6. The molecular formula is C24H22N4O3. The number of aromatic nitrogens is 2. The molecule has 4 rings (SSSR count). The maximum absolute atomic E-state index is 9.92. The first kappa shape index (κ1) is 20.4. The predicted molar refractivity (Wildman–Crippen MR) is 117 cm³/mol. The van der Waals surface area contributed by atoms with Gasteiger partial charge in [-0.15, -0.1) is 0 Å². The highest BCUT2D eigenvalue weighted by atomic mass is 16.5. The number of fused-ring (bicyclic) bond motifs is 2. The van der Waals surface area contributed by atoms with Crippen molar-refractivity contribution in [2.75, 3.05) is 6.61 Å². The van der Waals surface area contributed by atoms with Crippen molar-refractivity contribution in [1.29, 1.82) is 5.41 Å². The average Bonchev–Trinajstić information content (AvgIpc) is 2.75. The Bertz CT molecular complexity index is 1190. The van der Waals surface area contributed by atoms with Crippen LogP contribution in [0, 0.1) is 17.3 Å². The van der Waals surface area contributed by atoms with E-state index in [1.165, 1.54) is 6.33 Å². The highest BCUT2D eigenvalue weighted by molar-refractivity contribution is 5.69. The van der Waals surface area contributed by atoms with Crippen LogP contribution in [-0.4, -0.2) is 33.3 Å². The van der Waals surface area contributed by atoms with Gasteiger partial charge in [0.25, 0.3) is 6.02 Å². The normalized spacial score (nSPS) is 14.4. The van der Waals surface area contributed by atoms with Crippen molar-refractivity contribution < 1.29 is 14.6 Å². The van der Waals surface area contributed by atoms with Crippen LogP contribution in [0.1, 0.15) is 36.5 Å². The van der Waals surface area contributed by atoms with E-state index in [1.807, 2.05) is 36.4 Å². The van der Waals surface area contributed by atoms with Gasteiger partial charge in [0.1, 0.15) is 30.0 Å². The molecule has 3 aromatic rings. The van der Waals surface area contributed by atoms with Crippen LogP contribution in [0.2, 0.25) is 0 Å². The van der Waals surface area contributed by atoms with Crippen LogP contribution >= 0.6 is 0 Å². The number of rotatable bonds is 3. The lowest BCUT2D eigenvalue weighted by atomic mass is 9.86. The Hall–Kier alpha value is -3.89. The average molecular weight is 414 g/mol. The molecule has 0 radical (unpaired) electrons. The number of nitrogens with zero attached hydrogens (tertiary/aromatic N) is 2. The molecule has 0 bridgehead atoms. The van der Waals surface area contributed by atoms with Crippen LogP contribution in [0.5, 0.6) is 11.5 Å². The smallest absolute Gasteiger partial charge is 0.279 e. The predicted octanol–water partition coefficient (Wildman–Crippen LogP) is 3.41. The molecule has 7 heteroatoms. The number of amidine groups is 1. The molecular weight excluding hydrogens is 392 g/mol. The van der Waals surface area contributed by atoms with Gasteiger partial charge < -0.3 is 20.3 Å². The largest absolute Gasteiger partial charge is 0.465 e. The molecule has 1 atom stereocenters. The van der Waals surface area contributed by atoms with Gasteiger partial charge in [0.2, 0.25) is 0 Å². The minimum atomic E-state index is -1.09. The van der Waals surface area contributed by atoms with Gasteiger partial charge in [-0.3, -0.25) is 5.41 Å². The van der Waals surface area contributed by atoms with Gasteiger partial charge in [0, 0.05) is 34.6 Å². The SMILES string of the molecule is CC(C)(O)C#Cc1ccc2c(c1)[C@H](COC(=N)N)c1cc(-c3cncnc3)ccc1O2. The molecule has 31 heavy (non-hydrogen) atoms. The van der Waals surface area contributed by atoms with Crippen LogP contribution in [0.25, 0.3) is 11.1 Å². The summed E-state index contributed by atoms with van der Waals surface area (Å²) in [5.41, 5.74) is 8.71. The lowest BCUT2D eigenvalue weighted by Gasteiger charge is -2.28. The molecule has 1 aliphatic rings. The minimum Gasteiger partial charge on any atom is -0.465 e. The third kappa shape index (κ3) is 4.65. The zero-order valence-electron chi connectivity index (χ0n) is 17.2. The van der Waals surface area contributed by atoms with Crippen molar-refractivity contribution in [2.24, 2.45) is 5.73 Å². The van der Waals surface area contributed by atoms with E-state index in [2.05, 4.69) is 21.8 Å². The third-order valence-electron chi connectivity index (χ3n) is 4.80. The fourth-order valence-corrected chi connectivity index (χ4v) is 3.40. The van der Waals surface area contributed by atoms with Gasteiger partial charge in [-0.05, 0) is 49.7 Å². The first-order valence-electron chi connectivity index (χ1n) is 9.74. The number of hydrogen-bond donors (Lipinski definition) is 3. The minimum absolute atomic E-state index is 0.176. The van der Waals surface area contributed by atoms with Crippen LogP contribution in [0.4, 0.5) is 0 Å². The Morgan fingerprint density at radius 3 is 2.48 bits per heavy atom.